The highest BCUT2D eigenvalue weighted by atomic mass is 35.5. The highest BCUT2D eigenvalue weighted by Crippen LogP contribution is 2.11. The fourth-order valence-corrected chi connectivity index (χ4v) is 1.58. The van der Waals surface area contributed by atoms with Crippen molar-refractivity contribution in [2.45, 2.75) is 20.3 Å². The van der Waals surface area contributed by atoms with Crippen LogP contribution in [0.25, 0.3) is 0 Å². The molecule has 0 bridgehead atoms. The van der Waals surface area contributed by atoms with Crippen molar-refractivity contribution in [3.8, 4) is 0 Å². The van der Waals surface area contributed by atoms with E-state index in [1.54, 1.807) is 0 Å². The summed E-state index contributed by atoms with van der Waals surface area (Å²) < 4.78 is 0. The summed E-state index contributed by atoms with van der Waals surface area (Å²) >= 11 is 5.78. The number of Topliss-reactive ketones (excluding diaryl/α,β-unsaturated/α-hetero) is 1. The lowest BCUT2D eigenvalue weighted by atomic mass is 9.99. The predicted octanol–water partition coefficient (Wildman–Crippen LogP) is 2.70. The molecule has 0 aliphatic carbocycles. The molecular weight excluding hydrogens is 222 g/mol. The number of hydrogen-bond acceptors (Lipinski definition) is 2. The molecule has 1 N–H and O–H groups in total. The molecule has 0 amide bonds. The third-order valence-corrected chi connectivity index (χ3v) is 2.79. The lowest BCUT2D eigenvalue weighted by Crippen LogP contribution is -2.27. The molecule has 0 spiro atoms. The Labute approximate surface area is 102 Å². The van der Waals surface area contributed by atoms with Crippen LogP contribution in [0, 0.1) is 5.92 Å². The van der Waals surface area contributed by atoms with Crippen LogP contribution in [0.1, 0.15) is 19.4 Å². The smallest absolute Gasteiger partial charge is 0.141 e. The summed E-state index contributed by atoms with van der Waals surface area (Å²) in [6.45, 7) is 5.65. The van der Waals surface area contributed by atoms with E-state index < -0.39 is 0 Å². The van der Waals surface area contributed by atoms with Gasteiger partial charge in [0.15, 0.2) is 0 Å². The number of carbonyl (C=O) groups is 1. The molecule has 1 atom stereocenters. The molecule has 0 saturated heterocycles. The Morgan fingerprint density at radius 3 is 2.56 bits per heavy atom. The van der Waals surface area contributed by atoms with E-state index in [-0.39, 0.29) is 11.7 Å². The molecule has 0 aromatic heterocycles. The Morgan fingerprint density at radius 1 is 1.38 bits per heavy atom. The quantitative estimate of drug-likeness (QED) is 0.827. The summed E-state index contributed by atoms with van der Waals surface area (Å²) in [5.74, 6) is 0.332. The molecule has 3 heteroatoms. The van der Waals surface area contributed by atoms with Gasteiger partial charge >= 0.3 is 0 Å². The summed E-state index contributed by atoms with van der Waals surface area (Å²) in [6, 6.07) is 7.44. The first-order valence-electron chi connectivity index (χ1n) is 5.61. The molecule has 2 nitrogen and oxygen atoms in total. The van der Waals surface area contributed by atoms with Crippen LogP contribution in [0.2, 0.25) is 5.02 Å². The zero-order chi connectivity index (χ0) is 12.0. The molecule has 0 radical (unpaired) electrons. The van der Waals surface area contributed by atoms with Crippen LogP contribution in [0.5, 0.6) is 0 Å². The number of nitrogens with one attached hydrogen (secondary N) is 1. The second-order valence-electron chi connectivity index (χ2n) is 3.98. The van der Waals surface area contributed by atoms with Crippen molar-refractivity contribution in [1.29, 1.82) is 0 Å². The molecule has 1 unspecified atom stereocenters. The number of benzene rings is 1. The van der Waals surface area contributed by atoms with Crippen LogP contribution in [-0.4, -0.2) is 18.9 Å². The fraction of sp³-hybridized carbons (Fsp3) is 0.462. The first-order chi connectivity index (χ1) is 7.63. The van der Waals surface area contributed by atoms with Crippen LogP contribution in [0.15, 0.2) is 24.3 Å². The van der Waals surface area contributed by atoms with Crippen molar-refractivity contribution in [3.63, 3.8) is 0 Å². The Kier molecular flexibility index (Phi) is 5.50. The predicted molar refractivity (Wildman–Crippen MR) is 67.9 cm³/mol. The molecule has 0 aliphatic heterocycles. The van der Waals surface area contributed by atoms with Crippen LogP contribution >= 0.6 is 11.6 Å². The standard InChI is InChI=1S/C13H18ClNO/c1-3-15-9-10(2)13(16)8-11-4-6-12(14)7-5-11/h4-7,10,15H,3,8-9H2,1-2H3. The molecule has 0 aliphatic rings. The van der Waals surface area contributed by atoms with Crippen LogP contribution in [-0.2, 0) is 11.2 Å². The maximum atomic E-state index is 11.8. The van der Waals surface area contributed by atoms with Gasteiger partial charge in [-0.25, -0.2) is 0 Å². The zero-order valence-corrected chi connectivity index (χ0v) is 10.6. The first kappa shape index (κ1) is 13.2. The van der Waals surface area contributed by atoms with Gasteiger partial charge in [-0.2, -0.15) is 0 Å². The lowest BCUT2D eigenvalue weighted by molar-refractivity contribution is -0.121. The summed E-state index contributed by atoms with van der Waals surface area (Å²) in [5, 5.41) is 3.89. The molecule has 16 heavy (non-hydrogen) atoms. The molecule has 88 valence electrons. The van der Waals surface area contributed by atoms with E-state index >= 15 is 0 Å². The maximum Gasteiger partial charge on any atom is 0.141 e. The molecule has 0 heterocycles. The largest absolute Gasteiger partial charge is 0.316 e. The monoisotopic (exact) mass is 239 g/mol. The molecule has 1 aromatic rings. The minimum Gasteiger partial charge on any atom is -0.316 e. The number of halogens is 1. The second kappa shape index (κ2) is 6.66. The Hall–Kier alpha value is -0.860. The SMILES string of the molecule is CCNCC(C)C(=O)Cc1ccc(Cl)cc1. The Bertz CT molecular complexity index is 334. The van der Waals surface area contributed by atoms with Crippen molar-refractivity contribution in [1.82, 2.24) is 5.32 Å². The summed E-state index contributed by atoms with van der Waals surface area (Å²) in [5.41, 5.74) is 1.03. The van der Waals surface area contributed by atoms with Gasteiger partial charge < -0.3 is 5.32 Å². The molecule has 1 aromatic carbocycles. The fourth-order valence-electron chi connectivity index (χ4n) is 1.45. The number of rotatable bonds is 6. The highest BCUT2D eigenvalue weighted by Gasteiger charge is 2.12. The van der Waals surface area contributed by atoms with Gasteiger partial charge in [0.25, 0.3) is 0 Å². The third kappa shape index (κ3) is 4.33. The summed E-state index contributed by atoms with van der Waals surface area (Å²) in [4.78, 5) is 11.8. The van der Waals surface area contributed by atoms with Crippen molar-refractivity contribution < 1.29 is 4.79 Å². The van der Waals surface area contributed by atoms with Crippen molar-refractivity contribution in [3.05, 3.63) is 34.9 Å². The lowest BCUT2D eigenvalue weighted by Gasteiger charge is -2.10. The summed E-state index contributed by atoms with van der Waals surface area (Å²) in [6.07, 6.45) is 0.490. The zero-order valence-electron chi connectivity index (χ0n) is 9.79. The average Bonchev–Trinajstić information content (AvgIpc) is 2.29. The van der Waals surface area contributed by atoms with Gasteiger partial charge in [0.1, 0.15) is 5.78 Å². The maximum absolute atomic E-state index is 11.8. The van der Waals surface area contributed by atoms with E-state index in [1.807, 2.05) is 38.1 Å². The molecular formula is C13H18ClNO. The minimum absolute atomic E-state index is 0.0654. The van der Waals surface area contributed by atoms with Crippen molar-refractivity contribution in [2.75, 3.05) is 13.1 Å². The van der Waals surface area contributed by atoms with E-state index in [4.69, 9.17) is 11.6 Å². The van der Waals surface area contributed by atoms with Gasteiger partial charge in [0.05, 0.1) is 0 Å². The van der Waals surface area contributed by atoms with E-state index in [2.05, 4.69) is 5.32 Å². The topological polar surface area (TPSA) is 29.1 Å². The van der Waals surface area contributed by atoms with E-state index in [1.165, 1.54) is 0 Å². The second-order valence-corrected chi connectivity index (χ2v) is 4.41. The normalized spacial score (nSPS) is 12.4. The van der Waals surface area contributed by atoms with Gasteiger partial charge in [-0.1, -0.05) is 37.6 Å². The number of ketones is 1. The van der Waals surface area contributed by atoms with E-state index in [0.717, 1.165) is 18.7 Å². The van der Waals surface area contributed by atoms with Gasteiger partial charge in [0, 0.05) is 23.9 Å². The highest BCUT2D eigenvalue weighted by molar-refractivity contribution is 6.30. The third-order valence-electron chi connectivity index (χ3n) is 2.54. The molecule has 0 saturated carbocycles. The summed E-state index contributed by atoms with van der Waals surface area (Å²) in [7, 11) is 0. The Balaban J connectivity index is 2.47. The number of hydrogen-bond donors (Lipinski definition) is 1. The van der Waals surface area contributed by atoms with Crippen molar-refractivity contribution >= 4 is 17.4 Å². The van der Waals surface area contributed by atoms with Crippen LogP contribution < -0.4 is 5.32 Å². The average molecular weight is 240 g/mol. The van der Waals surface area contributed by atoms with Crippen molar-refractivity contribution in [2.24, 2.45) is 5.92 Å². The van der Waals surface area contributed by atoms with Gasteiger partial charge in [0.2, 0.25) is 0 Å². The van der Waals surface area contributed by atoms with Gasteiger partial charge in [-0.15, -0.1) is 0 Å². The van der Waals surface area contributed by atoms with Gasteiger partial charge in [-0.3, -0.25) is 4.79 Å². The molecule has 0 fully saturated rings. The van der Waals surface area contributed by atoms with E-state index in [9.17, 15) is 4.79 Å². The van der Waals surface area contributed by atoms with Gasteiger partial charge in [-0.05, 0) is 24.2 Å². The first-order valence-corrected chi connectivity index (χ1v) is 5.99. The number of carbonyl (C=O) groups excluding carboxylic acids is 1. The van der Waals surface area contributed by atoms with Crippen LogP contribution in [0.3, 0.4) is 0 Å². The van der Waals surface area contributed by atoms with E-state index in [0.29, 0.717) is 11.4 Å². The minimum atomic E-state index is 0.0654. The van der Waals surface area contributed by atoms with Crippen LogP contribution in [0.4, 0.5) is 0 Å². The molecule has 1 rings (SSSR count). The Morgan fingerprint density at radius 2 is 2.00 bits per heavy atom.